The molecule has 2 heterocycles. The lowest BCUT2D eigenvalue weighted by Crippen LogP contribution is -2.27. The zero-order valence-corrected chi connectivity index (χ0v) is 17.5. The molecule has 0 radical (unpaired) electrons. The van der Waals surface area contributed by atoms with Crippen LogP contribution >= 0.6 is 0 Å². The maximum absolute atomic E-state index is 13.1. The summed E-state index contributed by atoms with van der Waals surface area (Å²) in [6.07, 6.45) is -2.33. The molecule has 1 aromatic heterocycles. The summed E-state index contributed by atoms with van der Waals surface area (Å²) < 4.78 is 56.0. The quantitative estimate of drug-likeness (QED) is 0.588. The largest absolute Gasteiger partial charge is 0.492 e. The van der Waals surface area contributed by atoms with Gasteiger partial charge in [0.1, 0.15) is 11.6 Å². The Balaban J connectivity index is 1.64. The van der Waals surface area contributed by atoms with Gasteiger partial charge in [0.2, 0.25) is 0 Å². The number of rotatable bonds is 6. The number of H-pyrrole nitrogens is 1. The second kappa shape index (κ2) is 8.70. The van der Waals surface area contributed by atoms with Crippen molar-refractivity contribution in [3.63, 3.8) is 0 Å². The maximum atomic E-state index is 13.1. The van der Waals surface area contributed by atoms with Crippen molar-refractivity contribution in [1.82, 2.24) is 15.5 Å². The third kappa shape index (κ3) is 4.36. The summed E-state index contributed by atoms with van der Waals surface area (Å²) in [4.78, 5) is 13.1. The van der Waals surface area contributed by atoms with Crippen LogP contribution in [0, 0.1) is 0 Å². The zero-order chi connectivity index (χ0) is 22.9. The molecule has 0 saturated carbocycles. The molecular weight excluding hydrogens is 427 g/mol. The van der Waals surface area contributed by atoms with E-state index >= 15 is 0 Å². The van der Waals surface area contributed by atoms with Crippen molar-refractivity contribution in [3.05, 3.63) is 53.2 Å². The van der Waals surface area contributed by atoms with Crippen LogP contribution in [0.25, 0.3) is 10.9 Å². The number of halogens is 3. The molecule has 0 bridgehead atoms. The smallest absolute Gasteiger partial charge is 0.416 e. The second-order valence-corrected chi connectivity index (χ2v) is 7.52. The van der Waals surface area contributed by atoms with Crippen LogP contribution in [-0.2, 0) is 10.9 Å². The first kappa shape index (κ1) is 21.9. The molecule has 0 aliphatic carbocycles. The number of amides is 1. The van der Waals surface area contributed by atoms with Crippen LogP contribution in [0.15, 0.2) is 36.5 Å². The molecule has 1 aliphatic rings. The average Bonchev–Trinajstić information content (AvgIpc) is 3.44. The number of methoxy groups -OCH3 is 1. The van der Waals surface area contributed by atoms with Crippen molar-refractivity contribution >= 4 is 16.8 Å². The molecule has 4 rings (SSSR count). The van der Waals surface area contributed by atoms with E-state index in [4.69, 9.17) is 14.2 Å². The minimum atomic E-state index is -4.47. The molecule has 32 heavy (non-hydrogen) atoms. The number of nitrogens with one attached hydrogen (secondary N) is 2. The number of aromatic nitrogens is 2. The summed E-state index contributed by atoms with van der Waals surface area (Å²) in [6, 6.07) is 5.73. The molecule has 1 fully saturated rings. The molecular formula is C22H22F3N3O4. The normalized spacial score (nSPS) is 17.3. The Hall–Kier alpha value is -3.27. The van der Waals surface area contributed by atoms with Gasteiger partial charge in [-0.2, -0.15) is 18.3 Å². The summed E-state index contributed by atoms with van der Waals surface area (Å²) >= 11 is 0. The first-order valence-corrected chi connectivity index (χ1v) is 10.0. The molecule has 1 saturated heterocycles. The second-order valence-electron chi connectivity index (χ2n) is 7.52. The van der Waals surface area contributed by atoms with Crippen molar-refractivity contribution in [2.75, 3.05) is 20.3 Å². The predicted molar refractivity (Wildman–Crippen MR) is 110 cm³/mol. The summed E-state index contributed by atoms with van der Waals surface area (Å²) in [5.74, 6) is 0.305. The van der Waals surface area contributed by atoms with Gasteiger partial charge in [0.05, 0.1) is 42.9 Å². The molecule has 1 aliphatic heterocycles. The van der Waals surface area contributed by atoms with E-state index in [1.807, 2.05) is 0 Å². The van der Waals surface area contributed by atoms with Gasteiger partial charge in [0, 0.05) is 12.6 Å². The van der Waals surface area contributed by atoms with Crippen molar-refractivity contribution in [2.24, 2.45) is 0 Å². The van der Waals surface area contributed by atoms with Crippen LogP contribution in [-0.4, -0.2) is 42.5 Å². The SMILES string of the molecule is COc1c(OC2CCOC2)cc(C(=O)NC(C)c2cccc(C(F)(F)F)c2)c2n[nH]cc12. The molecule has 3 aromatic rings. The first-order valence-electron chi connectivity index (χ1n) is 10.0. The third-order valence-electron chi connectivity index (χ3n) is 5.33. The minimum absolute atomic E-state index is 0.173. The lowest BCUT2D eigenvalue weighted by atomic mass is 10.0. The molecule has 2 N–H and O–H groups in total. The number of ether oxygens (including phenoxy) is 3. The number of carbonyl (C=O) groups excluding carboxylic acids is 1. The highest BCUT2D eigenvalue weighted by atomic mass is 19.4. The molecule has 0 spiro atoms. The van der Waals surface area contributed by atoms with Gasteiger partial charge < -0.3 is 19.5 Å². The van der Waals surface area contributed by atoms with Crippen LogP contribution in [0.1, 0.15) is 40.9 Å². The van der Waals surface area contributed by atoms with Crippen LogP contribution < -0.4 is 14.8 Å². The van der Waals surface area contributed by atoms with Crippen LogP contribution in [0.4, 0.5) is 13.2 Å². The van der Waals surface area contributed by atoms with Crippen molar-refractivity contribution < 1.29 is 32.2 Å². The number of benzene rings is 2. The summed E-state index contributed by atoms with van der Waals surface area (Å²) in [6.45, 7) is 2.63. The van der Waals surface area contributed by atoms with E-state index in [-0.39, 0.29) is 11.7 Å². The fraction of sp³-hybridized carbons (Fsp3) is 0.364. The Bertz CT molecular complexity index is 1120. The predicted octanol–water partition coefficient (Wildman–Crippen LogP) is 4.25. The molecule has 7 nitrogen and oxygen atoms in total. The standard InChI is InChI=1S/C22H22F3N3O4/c1-12(13-4-3-5-14(8-13)22(23,24)25)27-21(29)16-9-18(32-15-6-7-31-11-15)20(30-2)17-10-26-28-19(16)17/h3-5,8-10,12,15H,6-7,11H2,1-2H3,(H,26,28)(H,27,29). The van der Waals surface area contributed by atoms with Gasteiger partial charge in [-0.05, 0) is 30.7 Å². The van der Waals surface area contributed by atoms with E-state index < -0.39 is 23.7 Å². The molecule has 1 amide bonds. The number of carbonyl (C=O) groups is 1. The Kier molecular flexibility index (Phi) is 5.96. The van der Waals surface area contributed by atoms with Crippen LogP contribution in [0.5, 0.6) is 11.5 Å². The summed E-state index contributed by atoms with van der Waals surface area (Å²) in [7, 11) is 1.50. The Morgan fingerprint density at radius 1 is 1.34 bits per heavy atom. The van der Waals surface area contributed by atoms with Crippen molar-refractivity contribution in [3.8, 4) is 11.5 Å². The molecule has 170 valence electrons. The van der Waals surface area contributed by atoms with Crippen LogP contribution in [0.3, 0.4) is 0 Å². The van der Waals surface area contributed by atoms with E-state index in [1.165, 1.54) is 25.3 Å². The summed E-state index contributed by atoms with van der Waals surface area (Å²) in [5, 5.41) is 10.2. The number of alkyl halides is 3. The monoisotopic (exact) mass is 449 g/mol. The van der Waals surface area contributed by atoms with Gasteiger partial charge in [-0.15, -0.1) is 0 Å². The van der Waals surface area contributed by atoms with Gasteiger partial charge in [0.15, 0.2) is 11.5 Å². The first-order chi connectivity index (χ1) is 15.3. The fourth-order valence-corrected chi connectivity index (χ4v) is 3.66. The molecule has 2 aromatic carbocycles. The highest BCUT2D eigenvalue weighted by Crippen LogP contribution is 2.38. The lowest BCUT2D eigenvalue weighted by Gasteiger charge is -2.19. The topological polar surface area (TPSA) is 85.5 Å². The number of fused-ring (bicyclic) bond motifs is 1. The van der Waals surface area contributed by atoms with E-state index in [0.717, 1.165) is 12.1 Å². The van der Waals surface area contributed by atoms with Crippen LogP contribution in [0.2, 0.25) is 0 Å². The maximum Gasteiger partial charge on any atom is 0.416 e. The Morgan fingerprint density at radius 2 is 2.16 bits per heavy atom. The lowest BCUT2D eigenvalue weighted by molar-refractivity contribution is -0.137. The highest BCUT2D eigenvalue weighted by molar-refractivity contribution is 6.08. The summed E-state index contributed by atoms with van der Waals surface area (Å²) in [5.41, 5.74) is 0.143. The Labute approximate surface area is 181 Å². The van der Waals surface area contributed by atoms with E-state index in [1.54, 1.807) is 13.1 Å². The third-order valence-corrected chi connectivity index (χ3v) is 5.33. The van der Waals surface area contributed by atoms with Crippen molar-refractivity contribution in [1.29, 1.82) is 0 Å². The van der Waals surface area contributed by atoms with E-state index in [0.29, 0.717) is 47.6 Å². The fourth-order valence-electron chi connectivity index (χ4n) is 3.66. The highest BCUT2D eigenvalue weighted by Gasteiger charge is 2.31. The number of hydrogen-bond acceptors (Lipinski definition) is 5. The van der Waals surface area contributed by atoms with E-state index in [2.05, 4.69) is 15.5 Å². The van der Waals surface area contributed by atoms with Gasteiger partial charge in [-0.25, -0.2) is 0 Å². The van der Waals surface area contributed by atoms with Gasteiger partial charge in [-0.1, -0.05) is 12.1 Å². The van der Waals surface area contributed by atoms with Gasteiger partial charge in [0.25, 0.3) is 5.91 Å². The number of nitrogens with zero attached hydrogens (tertiary/aromatic N) is 1. The Morgan fingerprint density at radius 3 is 2.84 bits per heavy atom. The molecule has 2 unspecified atom stereocenters. The minimum Gasteiger partial charge on any atom is -0.492 e. The van der Waals surface area contributed by atoms with Gasteiger partial charge in [-0.3, -0.25) is 9.89 Å². The molecule has 10 heteroatoms. The zero-order valence-electron chi connectivity index (χ0n) is 17.5. The van der Waals surface area contributed by atoms with E-state index in [9.17, 15) is 18.0 Å². The van der Waals surface area contributed by atoms with Gasteiger partial charge >= 0.3 is 6.18 Å². The number of aromatic amines is 1. The number of hydrogen-bond donors (Lipinski definition) is 2. The van der Waals surface area contributed by atoms with Crippen molar-refractivity contribution in [2.45, 2.75) is 31.7 Å². The molecule has 2 atom stereocenters. The average molecular weight is 449 g/mol.